The minimum atomic E-state index is -1.13. The van der Waals surface area contributed by atoms with Crippen molar-refractivity contribution < 1.29 is 70.7 Å². The number of carboxylic acids is 1. The topological polar surface area (TPSA) is 63.6 Å². The van der Waals surface area contributed by atoms with E-state index in [2.05, 4.69) is 6.92 Å². The van der Waals surface area contributed by atoms with Gasteiger partial charge in [-0.25, -0.2) is 0 Å². The Labute approximate surface area is 178 Å². The van der Waals surface area contributed by atoms with Gasteiger partial charge in [-0.3, -0.25) is 9.59 Å². The largest absolute Gasteiger partial charge is 1.00 e. The van der Waals surface area contributed by atoms with E-state index in [9.17, 15) is 9.59 Å². The molecule has 0 aromatic carbocycles. The van der Waals surface area contributed by atoms with Crippen LogP contribution in [0.4, 0.5) is 0 Å². The minimum absolute atomic E-state index is 0. The molecular formula is C17H34LiNaO4. The van der Waals surface area contributed by atoms with Crippen molar-refractivity contribution in [3.05, 3.63) is 0 Å². The van der Waals surface area contributed by atoms with Crippen LogP contribution in [0.15, 0.2) is 0 Å². The van der Waals surface area contributed by atoms with Gasteiger partial charge in [-0.05, 0) is 19.8 Å². The molecule has 23 heavy (non-hydrogen) atoms. The SMILES string of the molecule is CCCCCCCCCCCCC(C)OC(=O)CC(=O)O.[H-].[H-].[Li+].[Na+]. The van der Waals surface area contributed by atoms with Crippen molar-refractivity contribution in [1.29, 1.82) is 0 Å². The molecule has 0 radical (unpaired) electrons. The molecule has 1 unspecified atom stereocenters. The van der Waals surface area contributed by atoms with E-state index in [1.54, 1.807) is 0 Å². The summed E-state index contributed by atoms with van der Waals surface area (Å²) in [5.74, 6) is -1.77. The van der Waals surface area contributed by atoms with Crippen molar-refractivity contribution in [3.8, 4) is 0 Å². The number of carbonyl (C=O) groups is 2. The van der Waals surface area contributed by atoms with Gasteiger partial charge in [0.1, 0.15) is 6.42 Å². The van der Waals surface area contributed by atoms with Gasteiger partial charge in [0.15, 0.2) is 0 Å². The molecule has 0 aliphatic heterocycles. The molecule has 1 atom stereocenters. The maximum Gasteiger partial charge on any atom is 1.00 e. The van der Waals surface area contributed by atoms with Crippen molar-refractivity contribution in [1.82, 2.24) is 0 Å². The van der Waals surface area contributed by atoms with Crippen LogP contribution in [0.5, 0.6) is 0 Å². The molecule has 0 aromatic rings. The fourth-order valence-corrected chi connectivity index (χ4v) is 2.37. The number of hydrogen-bond donors (Lipinski definition) is 1. The third-order valence-electron chi connectivity index (χ3n) is 3.59. The van der Waals surface area contributed by atoms with Gasteiger partial charge < -0.3 is 12.7 Å². The normalized spacial score (nSPS) is 11.0. The number of unbranched alkanes of at least 4 members (excludes halogenated alkanes) is 9. The molecule has 0 heterocycles. The zero-order chi connectivity index (χ0) is 15.9. The van der Waals surface area contributed by atoms with Crippen LogP contribution < -0.4 is 48.4 Å². The first kappa shape index (κ1) is 28.3. The summed E-state index contributed by atoms with van der Waals surface area (Å²) in [6.45, 7) is 4.06. The number of carboxylic acid groups (broad SMARTS) is 1. The summed E-state index contributed by atoms with van der Waals surface area (Å²) < 4.78 is 5.02. The van der Waals surface area contributed by atoms with Crippen LogP contribution >= 0.6 is 0 Å². The average molecular weight is 332 g/mol. The van der Waals surface area contributed by atoms with Gasteiger partial charge >= 0.3 is 60.4 Å². The minimum Gasteiger partial charge on any atom is -1.00 e. The molecule has 0 rings (SSSR count). The molecule has 4 nitrogen and oxygen atoms in total. The number of esters is 1. The molecule has 0 amide bonds. The number of hydrogen-bond acceptors (Lipinski definition) is 3. The molecule has 1 N–H and O–H groups in total. The van der Waals surface area contributed by atoms with Gasteiger partial charge in [-0.2, -0.15) is 0 Å². The summed E-state index contributed by atoms with van der Waals surface area (Å²) in [5, 5.41) is 8.46. The van der Waals surface area contributed by atoms with E-state index in [0.29, 0.717) is 0 Å². The Hall–Kier alpha value is 0.537. The first-order valence-electron chi connectivity index (χ1n) is 8.47. The first-order chi connectivity index (χ1) is 10.1. The van der Waals surface area contributed by atoms with E-state index in [-0.39, 0.29) is 57.4 Å². The van der Waals surface area contributed by atoms with Crippen LogP contribution in [0, 0.1) is 0 Å². The van der Waals surface area contributed by atoms with E-state index in [0.717, 1.165) is 19.3 Å². The van der Waals surface area contributed by atoms with Gasteiger partial charge in [-0.1, -0.05) is 64.7 Å². The average Bonchev–Trinajstić information content (AvgIpc) is 2.39. The van der Waals surface area contributed by atoms with Crippen LogP contribution in [-0.4, -0.2) is 23.1 Å². The summed E-state index contributed by atoms with van der Waals surface area (Å²) in [7, 11) is 0. The van der Waals surface area contributed by atoms with Gasteiger partial charge in [-0.15, -0.1) is 0 Å². The van der Waals surface area contributed by atoms with Crippen LogP contribution in [-0.2, 0) is 14.3 Å². The Bertz CT molecular complexity index is 298. The molecule has 128 valence electrons. The van der Waals surface area contributed by atoms with Crippen LogP contribution in [0.3, 0.4) is 0 Å². The molecule has 6 heteroatoms. The number of carbonyl (C=O) groups excluding carboxylic acids is 1. The third-order valence-corrected chi connectivity index (χ3v) is 3.59. The molecule has 0 spiro atoms. The van der Waals surface area contributed by atoms with Crippen molar-refractivity contribution in [2.75, 3.05) is 0 Å². The van der Waals surface area contributed by atoms with Gasteiger partial charge in [0.05, 0.1) is 6.10 Å². The third kappa shape index (κ3) is 22.5. The van der Waals surface area contributed by atoms with E-state index >= 15 is 0 Å². The maximum absolute atomic E-state index is 11.1. The second-order valence-corrected chi connectivity index (χ2v) is 5.84. The second kappa shape index (κ2) is 20.6. The smallest absolute Gasteiger partial charge is 1.00 e. The number of ether oxygens (including phenoxy) is 1. The van der Waals surface area contributed by atoms with Crippen LogP contribution in [0.1, 0.15) is 93.8 Å². The molecule has 0 bridgehead atoms. The van der Waals surface area contributed by atoms with Crippen molar-refractivity contribution in [3.63, 3.8) is 0 Å². The fraction of sp³-hybridized carbons (Fsp3) is 0.882. The van der Waals surface area contributed by atoms with E-state index in [1.165, 1.54) is 51.4 Å². The zero-order valence-electron chi connectivity index (χ0n) is 17.7. The quantitative estimate of drug-likeness (QED) is 0.191. The standard InChI is InChI=1S/C17H32O4.Li.Na.2H/c1-3-4-5-6-7-8-9-10-11-12-13-15(2)21-17(20)14-16(18)19;;;;/h15H,3-14H2,1-2H3,(H,18,19);;;;/q;2*+1;2*-1. The molecule has 0 saturated heterocycles. The molecule has 0 aromatic heterocycles. The monoisotopic (exact) mass is 332 g/mol. The zero-order valence-corrected chi connectivity index (χ0v) is 17.7. The Kier molecular flexibility index (Phi) is 25.4. The summed E-state index contributed by atoms with van der Waals surface area (Å²) in [6.07, 6.45) is 12.9. The second-order valence-electron chi connectivity index (χ2n) is 5.84. The fourth-order valence-electron chi connectivity index (χ4n) is 2.37. The van der Waals surface area contributed by atoms with Gasteiger partial charge in [0, 0.05) is 0 Å². The van der Waals surface area contributed by atoms with E-state index in [1.807, 2.05) is 6.92 Å². The molecule has 0 saturated carbocycles. The predicted molar refractivity (Wildman–Crippen MR) is 86.5 cm³/mol. The Morgan fingerprint density at radius 2 is 1.39 bits per heavy atom. The maximum atomic E-state index is 11.1. The molecule has 0 aliphatic carbocycles. The van der Waals surface area contributed by atoms with Gasteiger partial charge in [0.2, 0.25) is 0 Å². The molecule has 0 fully saturated rings. The first-order valence-corrected chi connectivity index (χ1v) is 8.47. The number of aliphatic carboxylic acids is 1. The van der Waals surface area contributed by atoms with Crippen molar-refractivity contribution >= 4 is 11.9 Å². The Morgan fingerprint density at radius 3 is 1.83 bits per heavy atom. The van der Waals surface area contributed by atoms with Gasteiger partial charge in [0.25, 0.3) is 0 Å². The van der Waals surface area contributed by atoms with Crippen LogP contribution in [0.25, 0.3) is 0 Å². The van der Waals surface area contributed by atoms with E-state index < -0.39 is 18.4 Å². The predicted octanol–water partition coefficient (Wildman–Crippen LogP) is -1.06. The molecule has 0 aliphatic rings. The van der Waals surface area contributed by atoms with Crippen molar-refractivity contribution in [2.24, 2.45) is 0 Å². The van der Waals surface area contributed by atoms with Crippen molar-refractivity contribution in [2.45, 2.75) is 97.0 Å². The number of rotatable bonds is 14. The molecular weight excluding hydrogens is 298 g/mol. The Morgan fingerprint density at radius 1 is 0.957 bits per heavy atom. The summed E-state index contributed by atoms with van der Waals surface area (Å²) in [4.78, 5) is 21.5. The summed E-state index contributed by atoms with van der Waals surface area (Å²) in [5.41, 5.74) is 0. The van der Waals surface area contributed by atoms with Crippen LogP contribution in [0.2, 0.25) is 0 Å². The van der Waals surface area contributed by atoms with E-state index in [4.69, 9.17) is 9.84 Å². The summed E-state index contributed by atoms with van der Waals surface area (Å²) in [6, 6.07) is 0. The summed E-state index contributed by atoms with van der Waals surface area (Å²) >= 11 is 0. The Balaban J connectivity index is -0.000000333.